The molecule has 2 amide bonds. The summed E-state index contributed by atoms with van der Waals surface area (Å²) in [6.45, 7) is 17.1. The van der Waals surface area contributed by atoms with Crippen LogP contribution in [0.3, 0.4) is 0 Å². The Kier molecular flexibility index (Phi) is 10.2. The second kappa shape index (κ2) is 12.6. The quantitative estimate of drug-likeness (QED) is 0.181. The number of aliphatic hydroxyl groups is 1. The summed E-state index contributed by atoms with van der Waals surface area (Å²) in [5, 5.41) is 9.14. The number of nitrogens with zero attached hydrogens (tertiary/aromatic N) is 2. The van der Waals surface area contributed by atoms with Crippen molar-refractivity contribution in [2.45, 2.75) is 107 Å². The van der Waals surface area contributed by atoms with Gasteiger partial charge in [0.05, 0.1) is 23.2 Å². The van der Waals surface area contributed by atoms with Crippen molar-refractivity contribution in [1.29, 1.82) is 0 Å². The standard InChI is InChI=1S/C30H48N2O5S/c1-7-9-10-15-21-37-27(36)23-22-25(34)31(19-13-11-12-14-20-33)24(30(22)17-16-29(23,6)38-30)26(35)32(18-8-2)28(3,4)5/h7-8,22-24,33H,1-2,9-21H2,3-6H3/t22-,23-,24?,29+,30?/m0/s1. The van der Waals surface area contributed by atoms with E-state index in [9.17, 15) is 14.4 Å². The van der Waals surface area contributed by atoms with Crippen LogP contribution in [0.5, 0.6) is 0 Å². The van der Waals surface area contributed by atoms with E-state index in [0.717, 1.165) is 57.8 Å². The van der Waals surface area contributed by atoms with Gasteiger partial charge in [0.25, 0.3) is 0 Å². The lowest BCUT2D eigenvalue weighted by Crippen LogP contribution is -2.58. The fourth-order valence-electron chi connectivity index (χ4n) is 6.68. The molecule has 7 nitrogen and oxygen atoms in total. The van der Waals surface area contributed by atoms with Gasteiger partial charge in [-0.2, -0.15) is 0 Å². The van der Waals surface area contributed by atoms with Gasteiger partial charge in [-0.1, -0.05) is 25.0 Å². The van der Waals surface area contributed by atoms with E-state index in [1.807, 2.05) is 31.7 Å². The van der Waals surface area contributed by atoms with Crippen LogP contribution in [0.4, 0.5) is 0 Å². The molecule has 0 aromatic heterocycles. The number of likely N-dealkylation sites (tertiary alicyclic amines) is 1. The molecule has 3 aliphatic rings. The van der Waals surface area contributed by atoms with Crippen LogP contribution in [0.2, 0.25) is 0 Å². The molecule has 0 aromatic rings. The number of fused-ring (bicyclic) bond motifs is 1. The average molecular weight is 549 g/mol. The number of carbonyl (C=O) groups excluding carboxylic acids is 3. The summed E-state index contributed by atoms with van der Waals surface area (Å²) in [6.07, 6.45) is 10.9. The highest BCUT2D eigenvalue weighted by Gasteiger charge is 2.77. The average Bonchev–Trinajstić information content (AvgIpc) is 3.42. The van der Waals surface area contributed by atoms with Gasteiger partial charge in [0.1, 0.15) is 6.04 Å². The molecule has 8 heteroatoms. The van der Waals surface area contributed by atoms with Gasteiger partial charge in [-0.25, -0.2) is 0 Å². The maximum absolute atomic E-state index is 14.4. The highest BCUT2D eigenvalue weighted by molar-refractivity contribution is 8.02. The van der Waals surface area contributed by atoms with Gasteiger partial charge in [0.15, 0.2) is 0 Å². The maximum Gasteiger partial charge on any atom is 0.311 e. The van der Waals surface area contributed by atoms with Crippen LogP contribution in [0.1, 0.15) is 85.5 Å². The van der Waals surface area contributed by atoms with E-state index in [4.69, 9.17) is 9.84 Å². The second-order valence-electron chi connectivity index (χ2n) is 12.3. The molecule has 0 aromatic carbocycles. The topological polar surface area (TPSA) is 87.1 Å². The van der Waals surface area contributed by atoms with Crippen LogP contribution < -0.4 is 0 Å². The lowest BCUT2D eigenvalue weighted by molar-refractivity contribution is -0.155. The lowest BCUT2D eigenvalue weighted by Gasteiger charge is -2.42. The number of thioether (sulfide) groups is 1. The van der Waals surface area contributed by atoms with E-state index in [-0.39, 0.29) is 24.4 Å². The summed E-state index contributed by atoms with van der Waals surface area (Å²) in [4.78, 5) is 45.7. The lowest BCUT2D eigenvalue weighted by atomic mass is 9.66. The van der Waals surface area contributed by atoms with Crippen LogP contribution in [0.15, 0.2) is 25.3 Å². The molecule has 3 saturated heterocycles. The monoisotopic (exact) mass is 548 g/mol. The number of allylic oxidation sites excluding steroid dienone is 1. The predicted octanol–water partition coefficient (Wildman–Crippen LogP) is 4.73. The Labute approximate surface area is 233 Å². The van der Waals surface area contributed by atoms with Crippen molar-refractivity contribution in [2.24, 2.45) is 11.8 Å². The van der Waals surface area contributed by atoms with Crippen molar-refractivity contribution in [3.05, 3.63) is 25.3 Å². The molecular formula is C30H48N2O5S. The zero-order valence-corrected chi connectivity index (χ0v) is 24.7. The van der Waals surface area contributed by atoms with E-state index in [1.165, 1.54) is 0 Å². The maximum atomic E-state index is 14.4. The molecule has 2 bridgehead atoms. The minimum absolute atomic E-state index is 0.0567. The predicted molar refractivity (Wildman–Crippen MR) is 153 cm³/mol. The minimum Gasteiger partial charge on any atom is -0.465 e. The first kappa shape index (κ1) is 30.7. The summed E-state index contributed by atoms with van der Waals surface area (Å²) in [6, 6.07) is -0.616. The Balaban J connectivity index is 1.92. The summed E-state index contributed by atoms with van der Waals surface area (Å²) in [7, 11) is 0. The number of unbranched alkanes of at least 4 members (excludes halogenated alkanes) is 5. The third-order valence-electron chi connectivity index (χ3n) is 8.51. The van der Waals surface area contributed by atoms with Gasteiger partial charge in [0, 0.05) is 30.0 Å². The van der Waals surface area contributed by atoms with Crippen LogP contribution in [0, 0.1) is 11.8 Å². The first-order valence-electron chi connectivity index (χ1n) is 14.3. The third kappa shape index (κ3) is 5.86. The van der Waals surface area contributed by atoms with Gasteiger partial charge in [-0.3, -0.25) is 14.4 Å². The molecular weight excluding hydrogens is 500 g/mol. The van der Waals surface area contributed by atoms with E-state index in [0.29, 0.717) is 19.7 Å². The number of hydrogen-bond donors (Lipinski definition) is 1. The number of ether oxygens (including phenoxy) is 1. The van der Waals surface area contributed by atoms with Gasteiger partial charge in [-0.05, 0) is 72.6 Å². The van der Waals surface area contributed by atoms with Crippen LogP contribution >= 0.6 is 11.8 Å². The summed E-state index contributed by atoms with van der Waals surface area (Å²) >= 11 is 1.69. The second-order valence-corrected chi connectivity index (χ2v) is 14.2. The molecule has 2 unspecified atom stereocenters. The Hall–Kier alpha value is -1.80. The highest BCUT2D eigenvalue weighted by Crippen LogP contribution is 2.71. The molecule has 3 aliphatic heterocycles. The van der Waals surface area contributed by atoms with Gasteiger partial charge in [0.2, 0.25) is 11.8 Å². The van der Waals surface area contributed by atoms with E-state index in [2.05, 4.69) is 20.1 Å². The zero-order chi connectivity index (χ0) is 28.1. The first-order valence-corrected chi connectivity index (χ1v) is 15.1. The molecule has 0 saturated carbocycles. The van der Waals surface area contributed by atoms with Crippen LogP contribution in [-0.2, 0) is 19.1 Å². The molecule has 0 aliphatic carbocycles. The van der Waals surface area contributed by atoms with Crippen molar-refractivity contribution in [3.8, 4) is 0 Å². The largest absolute Gasteiger partial charge is 0.465 e. The number of esters is 1. The van der Waals surface area contributed by atoms with E-state index in [1.54, 1.807) is 22.7 Å². The Morgan fingerprint density at radius 2 is 1.84 bits per heavy atom. The normalized spacial score (nSPS) is 29.9. The van der Waals surface area contributed by atoms with Crippen molar-refractivity contribution in [1.82, 2.24) is 9.80 Å². The number of hydrogen-bond acceptors (Lipinski definition) is 6. The van der Waals surface area contributed by atoms with Crippen LogP contribution in [-0.4, -0.2) is 80.1 Å². The number of amides is 2. The smallest absolute Gasteiger partial charge is 0.311 e. The third-order valence-corrected chi connectivity index (χ3v) is 10.5. The molecule has 1 N–H and O–H groups in total. The number of aliphatic hydroxyl groups excluding tert-OH is 1. The molecule has 3 fully saturated rings. The van der Waals surface area contributed by atoms with E-state index < -0.39 is 32.9 Å². The summed E-state index contributed by atoms with van der Waals surface area (Å²) in [5.41, 5.74) is -0.440. The van der Waals surface area contributed by atoms with Crippen molar-refractivity contribution in [3.63, 3.8) is 0 Å². The van der Waals surface area contributed by atoms with E-state index >= 15 is 0 Å². The fraction of sp³-hybridized carbons (Fsp3) is 0.767. The molecule has 3 rings (SSSR count). The van der Waals surface area contributed by atoms with Crippen molar-refractivity contribution >= 4 is 29.5 Å². The number of rotatable bonds is 15. The Morgan fingerprint density at radius 1 is 1.13 bits per heavy atom. The highest BCUT2D eigenvalue weighted by atomic mass is 32.2. The van der Waals surface area contributed by atoms with Crippen LogP contribution in [0.25, 0.3) is 0 Å². The molecule has 0 radical (unpaired) electrons. The summed E-state index contributed by atoms with van der Waals surface area (Å²) < 4.78 is 4.70. The van der Waals surface area contributed by atoms with Gasteiger partial charge < -0.3 is 19.6 Å². The van der Waals surface area contributed by atoms with Gasteiger partial charge >= 0.3 is 5.97 Å². The molecule has 38 heavy (non-hydrogen) atoms. The van der Waals surface area contributed by atoms with Crippen molar-refractivity contribution < 1.29 is 24.2 Å². The fourth-order valence-corrected chi connectivity index (χ4v) is 9.01. The minimum atomic E-state index is -0.634. The molecule has 3 heterocycles. The molecule has 5 atom stereocenters. The SMILES string of the molecule is C=CCCCCOC(=O)[C@@H]1[C@H]2C(=O)N(CCCCCCO)C(C(=O)N(CC=C)C(C)(C)C)C23CC[C@@]1(C)S3. The molecule has 214 valence electrons. The Bertz CT molecular complexity index is 902. The Morgan fingerprint density at radius 3 is 2.47 bits per heavy atom. The zero-order valence-electron chi connectivity index (χ0n) is 23.9. The number of carbonyl (C=O) groups is 3. The molecule has 1 spiro atoms. The first-order chi connectivity index (χ1) is 18.0. The van der Waals surface area contributed by atoms with Gasteiger partial charge in [-0.15, -0.1) is 24.9 Å². The van der Waals surface area contributed by atoms with Crippen molar-refractivity contribution in [2.75, 3.05) is 26.3 Å². The summed E-state index contributed by atoms with van der Waals surface area (Å²) in [5.74, 6) is -1.54.